The molecule has 3 nitrogen and oxygen atoms in total. The molecule has 3 heteroatoms. The number of allylic oxidation sites excluding steroid dienone is 1. The van der Waals surface area contributed by atoms with Gasteiger partial charge in [-0.1, -0.05) is 48.5 Å². The summed E-state index contributed by atoms with van der Waals surface area (Å²) in [7, 11) is 1.89. The van der Waals surface area contributed by atoms with Gasteiger partial charge in [0.15, 0.2) is 11.5 Å². The molecule has 0 aliphatic carbocycles. The molecule has 1 aliphatic rings. The van der Waals surface area contributed by atoms with Crippen molar-refractivity contribution in [3.05, 3.63) is 84.3 Å². The fourth-order valence-electron chi connectivity index (χ4n) is 2.78. The van der Waals surface area contributed by atoms with E-state index in [1.165, 1.54) is 0 Å². The molecule has 0 amide bonds. The van der Waals surface area contributed by atoms with E-state index in [-0.39, 0.29) is 5.78 Å². The van der Waals surface area contributed by atoms with Gasteiger partial charge in [0.1, 0.15) is 0 Å². The summed E-state index contributed by atoms with van der Waals surface area (Å²) >= 11 is 0. The van der Waals surface area contributed by atoms with Crippen molar-refractivity contribution in [1.82, 2.24) is 0 Å². The second-order valence-corrected chi connectivity index (χ2v) is 5.54. The first-order valence-corrected chi connectivity index (χ1v) is 7.48. The van der Waals surface area contributed by atoms with Crippen LogP contribution in [0.1, 0.15) is 10.4 Å². The quantitative estimate of drug-likeness (QED) is 0.519. The predicted molar refractivity (Wildman–Crippen MR) is 91.8 cm³/mol. The van der Waals surface area contributed by atoms with Crippen LogP contribution >= 0.6 is 0 Å². The molecule has 0 N–H and O–H groups in total. The average molecular weight is 301 g/mol. The smallest absolute Gasteiger partial charge is 0.204 e. The molecule has 4 rings (SSSR count). The Balaban J connectivity index is 1.67. The summed E-state index contributed by atoms with van der Waals surface area (Å²) in [6, 6.07) is 21.5. The first-order chi connectivity index (χ1) is 11.2. The summed E-state index contributed by atoms with van der Waals surface area (Å²) in [5.74, 6) is 1.25. The van der Waals surface area contributed by atoms with Gasteiger partial charge in [-0.15, -0.1) is 0 Å². The van der Waals surface area contributed by atoms with E-state index in [0.29, 0.717) is 11.4 Å². The van der Waals surface area contributed by atoms with Crippen LogP contribution in [-0.4, -0.2) is 12.8 Å². The Bertz CT molecular complexity index is 943. The topological polar surface area (TPSA) is 29.5 Å². The van der Waals surface area contributed by atoms with Gasteiger partial charge in [-0.2, -0.15) is 0 Å². The number of ether oxygens (including phenoxy) is 1. The molecule has 3 aromatic rings. The Morgan fingerprint density at radius 2 is 1.70 bits per heavy atom. The molecular weight excluding hydrogens is 286 g/mol. The van der Waals surface area contributed by atoms with Gasteiger partial charge in [-0.3, -0.25) is 4.79 Å². The van der Waals surface area contributed by atoms with Crippen molar-refractivity contribution in [3.63, 3.8) is 0 Å². The lowest BCUT2D eigenvalue weighted by Crippen LogP contribution is -2.15. The SMILES string of the molecule is CN1C(=CC(=O)c2ccc3ccccc3c2)Oc2ccccc21. The molecule has 0 saturated heterocycles. The number of para-hydroxylation sites is 2. The third-order valence-electron chi connectivity index (χ3n) is 4.06. The summed E-state index contributed by atoms with van der Waals surface area (Å²) in [5, 5.41) is 2.18. The lowest BCUT2D eigenvalue weighted by molar-refractivity contribution is 0.104. The monoisotopic (exact) mass is 301 g/mol. The van der Waals surface area contributed by atoms with E-state index in [2.05, 4.69) is 0 Å². The summed E-state index contributed by atoms with van der Waals surface area (Å²) in [6.45, 7) is 0. The largest absolute Gasteiger partial charge is 0.438 e. The first kappa shape index (κ1) is 13.6. The Hall–Kier alpha value is -3.07. The molecule has 0 saturated carbocycles. The van der Waals surface area contributed by atoms with Crippen LogP contribution in [0.4, 0.5) is 5.69 Å². The van der Waals surface area contributed by atoms with Crippen molar-refractivity contribution < 1.29 is 9.53 Å². The van der Waals surface area contributed by atoms with Crippen LogP contribution in [0.3, 0.4) is 0 Å². The molecule has 1 aliphatic heterocycles. The number of hydrogen-bond donors (Lipinski definition) is 0. The van der Waals surface area contributed by atoms with Crippen molar-refractivity contribution in [2.75, 3.05) is 11.9 Å². The molecule has 0 fully saturated rings. The average Bonchev–Trinajstić information content (AvgIpc) is 2.91. The highest BCUT2D eigenvalue weighted by Crippen LogP contribution is 2.37. The van der Waals surface area contributed by atoms with Crippen LogP contribution in [0.15, 0.2) is 78.7 Å². The number of carbonyl (C=O) groups excluding carboxylic acids is 1. The maximum absolute atomic E-state index is 12.6. The van der Waals surface area contributed by atoms with Gasteiger partial charge in [-0.05, 0) is 29.0 Å². The highest BCUT2D eigenvalue weighted by atomic mass is 16.5. The highest BCUT2D eigenvalue weighted by Gasteiger charge is 2.23. The number of anilines is 1. The van der Waals surface area contributed by atoms with Gasteiger partial charge in [0, 0.05) is 18.7 Å². The highest BCUT2D eigenvalue weighted by molar-refractivity contribution is 6.07. The molecule has 3 aromatic carbocycles. The number of rotatable bonds is 2. The number of carbonyl (C=O) groups is 1. The zero-order valence-corrected chi connectivity index (χ0v) is 12.7. The van der Waals surface area contributed by atoms with Crippen LogP contribution in [-0.2, 0) is 0 Å². The van der Waals surface area contributed by atoms with E-state index in [9.17, 15) is 4.79 Å². The molecule has 0 radical (unpaired) electrons. The molecule has 23 heavy (non-hydrogen) atoms. The Morgan fingerprint density at radius 3 is 2.52 bits per heavy atom. The fraction of sp³-hybridized carbons (Fsp3) is 0.0500. The Kier molecular flexibility index (Phi) is 3.12. The number of hydrogen-bond acceptors (Lipinski definition) is 3. The maximum atomic E-state index is 12.6. The third kappa shape index (κ3) is 2.36. The van der Waals surface area contributed by atoms with Gasteiger partial charge in [0.25, 0.3) is 0 Å². The van der Waals surface area contributed by atoms with Crippen molar-refractivity contribution in [2.24, 2.45) is 0 Å². The molecule has 1 heterocycles. The summed E-state index contributed by atoms with van der Waals surface area (Å²) < 4.78 is 5.77. The molecular formula is C20H15NO2. The Morgan fingerprint density at radius 1 is 0.957 bits per heavy atom. The number of benzene rings is 3. The standard InChI is InChI=1S/C20H15NO2/c1-21-17-8-4-5-9-19(17)23-20(21)13-18(22)16-11-10-14-6-2-3-7-15(14)12-16/h2-13H,1H3. The van der Waals surface area contributed by atoms with Gasteiger partial charge < -0.3 is 9.64 Å². The molecule has 0 unspecified atom stereocenters. The minimum atomic E-state index is -0.0644. The third-order valence-corrected chi connectivity index (χ3v) is 4.06. The van der Waals surface area contributed by atoms with Crippen LogP contribution in [0.2, 0.25) is 0 Å². The minimum absolute atomic E-state index is 0.0644. The second kappa shape index (κ2) is 5.29. The summed E-state index contributed by atoms with van der Waals surface area (Å²) in [5.41, 5.74) is 1.62. The summed E-state index contributed by atoms with van der Waals surface area (Å²) in [6.07, 6.45) is 1.55. The predicted octanol–water partition coefficient (Wildman–Crippen LogP) is 4.39. The van der Waals surface area contributed by atoms with E-state index < -0.39 is 0 Å². The van der Waals surface area contributed by atoms with E-state index in [4.69, 9.17) is 4.74 Å². The van der Waals surface area contributed by atoms with Gasteiger partial charge in [0.05, 0.1) is 5.69 Å². The van der Waals surface area contributed by atoms with Gasteiger partial charge in [0.2, 0.25) is 5.88 Å². The van der Waals surface area contributed by atoms with Crippen molar-refractivity contribution >= 4 is 22.2 Å². The van der Waals surface area contributed by atoms with Crippen LogP contribution in [0.5, 0.6) is 5.75 Å². The van der Waals surface area contributed by atoms with E-state index in [1.54, 1.807) is 6.08 Å². The minimum Gasteiger partial charge on any atom is -0.438 e. The first-order valence-electron chi connectivity index (χ1n) is 7.48. The van der Waals surface area contributed by atoms with E-state index in [1.807, 2.05) is 78.7 Å². The molecule has 0 aromatic heterocycles. The second-order valence-electron chi connectivity index (χ2n) is 5.54. The molecule has 112 valence electrons. The van der Waals surface area contributed by atoms with Gasteiger partial charge >= 0.3 is 0 Å². The van der Waals surface area contributed by atoms with Crippen molar-refractivity contribution in [3.8, 4) is 5.75 Å². The lowest BCUT2D eigenvalue weighted by Gasteiger charge is -2.10. The molecule has 0 atom stereocenters. The fourth-order valence-corrected chi connectivity index (χ4v) is 2.78. The molecule has 0 spiro atoms. The normalized spacial score (nSPS) is 14.8. The number of ketones is 1. The van der Waals surface area contributed by atoms with Crippen LogP contribution < -0.4 is 9.64 Å². The number of nitrogens with zero attached hydrogens (tertiary/aromatic N) is 1. The number of fused-ring (bicyclic) bond motifs is 2. The lowest BCUT2D eigenvalue weighted by atomic mass is 10.0. The van der Waals surface area contributed by atoms with Gasteiger partial charge in [-0.25, -0.2) is 0 Å². The maximum Gasteiger partial charge on any atom is 0.204 e. The van der Waals surface area contributed by atoms with E-state index in [0.717, 1.165) is 22.2 Å². The van der Waals surface area contributed by atoms with E-state index >= 15 is 0 Å². The zero-order chi connectivity index (χ0) is 15.8. The molecule has 0 bridgehead atoms. The van der Waals surface area contributed by atoms with Crippen molar-refractivity contribution in [2.45, 2.75) is 0 Å². The Labute approximate surface area is 134 Å². The zero-order valence-electron chi connectivity index (χ0n) is 12.7. The summed E-state index contributed by atoms with van der Waals surface area (Å²) in [4.78, 5) is 14.4. The van der Waals surface area contributed by atoms with Crippen LogP contribution in [0, 0.1) is 0 Å². The van der Waals surface area contributed by atoms with Crippen LogP contribution in [0.25, 0.3) is 10.8 Å². The van der Waals surface area contributed by atoms with Crippen molar-refractivity contribution in [1.29, 1.82) is 0 Å².